The summed E-state index contributed by atoms with van der Waals surface area (Å²) in [4.78, 5) is 27.0. The second kappa shape index (κ2) is 4.53. The van der Waals surface area contributed by atoms with E-state index in [1.54, 1.807) is 18.3 Å². The highest BCUT2D eigenvalue weighted by molar-refractivity contribution is 6.02. The van der Waals surface area contributed by atoms with Crippen LogP contribution in [-0.2, 0) is 16.1 Å². The number of aliphatic carboxylic acids is 1. The van der Waals surface area contributed by atoms with Gasteiger partial charge in [-0.05, 0) is 25.0 Å². The summed E-state index contributed by atoms with van der Waals surface area (Å²) >= 11 is 0. The van der Waals surface area contributed by atoms with E-state index in [1.165, 1.54) is 0 Å². The van der Waals surface area contributed by atoms with Gasteiger partial charge in [-0.3, -0.25) is 14.6 Å². The molecular formula is C12H14N2O3. The van der Waals surface area contributed by atoms with Gasteiger partial charge in [0.15, 0.2) is 0 Å². The third-order valence-corrected chi connectivity index (χ3v) is 3.21. The second-order valence-corrected chi connectivity index (χ2v) is 4.24. The number of aromatic nitrogens is 1. The number of hydrogen-bond acceptors (Lipinski definition) is 3. The maximum absolute atomic E-state index is 11.8. The van der Waals surface area contributed by atoms with Crippen LogP contribution in [0.1, 0.15) is 25.0 Å². The molecule has 5 heteroatoms. The van der Waals surface area contributed by atoms with Gasteiger partial charge in [0.05, 0.1) is 12.2 Å². The van der Waals surface area contributed by atoms with E-state index >= 15 is 0 Å². The summed E-state index contributed by atoms with van der Waals surface area (Å²) in [5, 5.41) is 11.7. The Morgan fingerprint density at radius 1 is 1.41 bits per heavy atom. The summed E-state index contributed by atoms with van der Waals surface area (Å²) in [5.74, 6) is -1.43. The minimum Gasteiger partial charge on any atom is -0.480 e. The molecule has 1 saturated carbocycles. The van der Waals surface area contributed by atoms with E-state index in [2.05, 4.69) is 10.3 Å². The van der Waals surface area contributed by atoms with Gasteiger partial charge in [-0.1, -0.05) is 12.5 Å². The van der Waals surface area contributed by atoms with E-state index in [1.807, 2.05) is 6.07 Å². The molecule has 1 fully saturated rings. The minimum absolute atomic E-state index is 0.273. The molecule has 0 radical (unpaired) electrons. The van der Waals surface area contributed by atoms with E-state index in [-0.39, 0.29) is 6.54 Å². The van der Waals surface area contributed by atoms with Crippen LogP contribution in [0.15, 0.2) is 24.4 Å². The van der Waals surface area contributed by atoms with Crippen LogP contribution in [0.2, 0.25) is 0 Å². The van der Waals surface area contributed by atoms with Gasteiger partial charge < -0.3 is 10.4 Å². The van der Waals surface area contributed by atoms with E-state index in [0.29, 0.717) is 12.8 Å². The average Bonchev–Trinajstić information content (AvgIpc) is 2.25. The van der Waals surface area contributed by atoms with Crippen molar-refractivity contribution in [2.75, 3.05) is 0 Å². The van der Waals surface area contributed by atoms with Crippen LogP contribution in [0.5, 0.6) is 0 Å². The molecule has 5 nitrogen and oxygen atoms in total. The Morgan fingerprint density at radius 2 is 2.18 bits per heavy atom. The van der Waals surface area contributed by atoms with Gasteiger partial charge in [-0.25, -0.2) is 0 Å². The van der Waals surface area contributed by atoms with Gasteiger partial charge in [-0.2, -0.15) is 0 Å². The summed E-state index contributed by atoms with van der Waals surface area (Å²) < 4.78 is 0. The summed E-state index contributed by atoms with van der Waals surface area (Å²) in [7, 11) is 0. The Labute approximate surface area is 98.9 Å². The Hall–Kier alpha value is -1.91. The van der Waals surface area contributed by atoms with Gasteiger partial charge in [0.2, 0.25) is 5.91 Å². The first-order chi connectivity index (χ1) is 8.15. The first-order valence-electron chi connectivity index (χ1n) is 5.57. The topological polar surface area (TPSA) is 79.3 Å². The third-order valence-electron chi connectivity index (χ3n) is 3.21. The molecule has 1 heterocycles. The van der Waals surface area contributed by atoms with E-state index < -0.39 is 17.3 Å². The van der Waals surface area contributed by atoms with Gasteiger partial charge in [0, 0.05) is 6.20 Å². The largest absolute Gasteiger partial charge is 0.480 e. The van der Waals surface area contributed by atoms with Crippen LogP contribution >= 0.6 is 0 Å². The van der Waals surface area contributed by atoms with Crippen LogP contribution in [0.4, 0.5) is 0 Å². The molecule has 1 aromatic heterocycles. The number of hydrogen-bond donors (Lipinski definition) is 2. The third kappa shape index (κ3) is 2.13. The van der Waals surface area contributed by atoms with Crippen LogP contribution in [0, 0.1) is 5.41 Å². The number of carbonyl (C=O) groups is 2. The molecule has 90 valence electrons. The summed E-state index contributed by atoms with van der Waals surface area (Å²) in [6.45, 7) is 0.273. The molecule has 2 rings (SSSR count). The van der Waals surface area contributed by atoms with Gasteiger partial charge in [0.25, 0.3) is 0 Å². The molecule has 1 aromatic rings. The van der Waals surface area contributed by atoms with Gasteiger partial charge in [0.1, 0.15) is 5.41 Å². The lowest BCUT2D eigenvalue weighted by atomic mass is 9.68. The zero-order chi connectivity index (χ0) is 12.3. The lowest BCUT2D eigenvalue weighted by Gasteiger charge is -2.35. The summed E-state index contributed by atoms with van der Waals surface area (Å²) in [6.07, 6.45) is 3.29. The number of nitrogens with zero attached hydrogens (tertiary/aromatic N) is 1. The second-order valence-electron chi connectivity index (χ2n) is 4.24. The SMILES string of the molecule is O=C(O)C1(C(=O)NCc2ccccn2)CCC1. The lowest BCUT2D eigenvalue weighted by molar-refractivity contribution is -0.162. The summed E-state index contributed by atoms with van der Waals surface area (Å²) in [6, 6.07) is 5.40. The fraction of sp³-hybridized carbons (Fsp3) is 0.417. The first kappa shape index (κ1) is 11.6. The summed E-state index contributed by atoms with van der Waals surface area (Å²) in [5.41, 5.74) is -0.477. The molecular weight excluding hydrogens is 220 g/mol. The molecule has 1 amide bonds. The first-order valence-corrected chi connectivity index (χ1v) is 5.57. The molecule has 0 aliphatic heterocycles. The standard InChI is InChI=1S/C12H14N2O3/c15-10(12(11(16)17)5-3-6-12)14-8-9-4-1-2-7-13-9/h1-2,4,7H,3,5-6,8H2,(H,14,15)(H,16,17). The van der Waals surface area contributed by atoms with Crippen LogP contribution < -0.4 is 5.32 Å². The van der Waals surface area contributed by atoms with E-state index in [4.69, 9.17) is 5.11 Å². The highest BCUT2D eigenvalue weighted by atomic mass is 16.4. The maximum Gasteiger partial charge on any atom is 0.319 e. The number of carboxylic acid groups (broad SMARTS) is 1. The zero-order valence-electron chi connectivity index (χ0n) is 9.35. The Kier molecular flexibility index (Phi) is 3.08. The number of carboxylic acids is 1. The van der Waals surface area contributed by atoms with Crippen molar-refractivity contribution in [1.82, 2.24) is 10.3 Å². The van der Waals surface area contributed by atoms with Crippen molar-refractivity contribution in [3.05, 3.63) is 30.1 Å². The number of carbonyl (C=O) groups excluding carboxylic acids is 1. The highest BCUT2D eigenvalue weighted by Gasteiger charge is 2.50. The van der Waals surface area contributed by atoms with E-state index in [9.17, 15) is 9.59 Å². The molecule has 1 aliphatic carbocycles. The number of nitrogens with one attached hydrogen (secondary N) is 1. The quantitative estimate of drug-likeness (QED) is 0.760. The zero-order valence-corrected chi connectivity index (χ0v) is 9.35. The van der Waals surface area contributed by atoms with Crippen LogP contribution in [0.25, 0.3) is 0 Å². The van der Waals surface area contributed by atoms with E-state index in [0.717, 1.165) is 12.1 Å². The van der Waals surface area contributed by atoms with Crippen molar-refractivity contribution in [2.24, 2.45) is 5.41 Å². The molecule has 17 heavy (non-hydrogen) atoms. The fourth-order valence-electron chi connectivity index (χ4n) is 1.91. The van der Waals surface area contributed by atoms with Crippen LogP contribution in [-0.4, -0.2) is 22.0 Å². The maximum atomic E-state index is 11.8. The van der Waals surface area contributed by atoms with Crippen molar-refractivity contribution in [2.45, 2.75) is 25.8 Å². The van der Waals surface area contributed by atoms with Gasteiger partial charge >= 0.3 is 5.97 Å². The fourth-order valence-corrected chi connectivity index (χ4v) is 1.91. The van der Waals surface area contributed by atoms with Gasteiger partial charge in [-0.15, -0.1) is 0 Å². The van der Waals surface area contributed by atoms with Crippen molar-refractivity contribution in [3.8, 4) is 0 Å². The minimum atomic E-state index is -1.20. The molecule has 0 saturated heterocycles. The average molecular weight is 234 g/mol. The molecule has 0 spiro atoms. The molecule has 0 aromatic carbocycles. The molecule has 2 N–H and O–H groups in total. The highest BCUT2D eigenvalue weighted by Crippen LogP contribution is 2.41. The van der Waals surface area contributed by atoms with Crippen molar-refractivity contribution in [3.63, 3.8) is 0 Å². The molecule has 0 unspecified atom stereocenters. The number of pyridine rings is 1. The molecule has 1 aliphatic rings. The smallest absolute Gasteiger partial charge is 0.319 e. The number of amides is 1. The van der Waals surface area contributed by atoms with Crippen molar-refractivity contribution < 1.29 is 14.7 Å². The Bertz CT molecular complexity index is 427. The predicted molar refractivity (Wildman–Crippen MR) is 60.0 cm³/mol. The molecule has 0 bridgehead atoms. The monoisotopic (exact) mass is 234 g/mol. The Balaban J connectivity index is 1.96. The van der Waals surface area contributed by atoms with Crippen LogP contribution in [0.3, 0.4) is 0 Å². The Morgan fingerprint density at radius 3 is 2.65 bits per heavy atom. The molecule has 0 atom stereocenters. The lowest BCUT2D eigenvalue weighted by Crippen LogP contribution is -2.50. The van der Waals surface area contributed by atoms with Crippen molar-refractivity contribution in [1.29, 1.82) is 0 Å². The normalized spacial score (nSPS) is 16.9. The van der Waals surface area contributed by atoms with Crippen molar-refractivity contribution >= 4 is 11.9 Å². The predicted octanol–water partition coefficient (Wildman–Crippen LogP) is 0.953. The number of rotatable bonds is 4.